The first-order valence-corrected chi connectivity index (χ1v) is 7.22. The molecule has 0 spiro atoms. The summed E-state index contributed by atoms with van der Waals surface area (Å²) >= 11 is 6.16. The van der Waals surface area contributed by atoms with Crippen LogP contribution in [0.3, 0.4) is 0 Å². The van der Waals surface area contributed by atoms with Gasteiger partial charge in [0.15, 0.2) is 0 Å². The van der Waals surface area contributed by atoms with Gasteiger partial charge in [0.1, 0.15) is 0 Å². The van der Waals surface area contributed by atoms with Crippen LogP contribution in [0.5, 0.6) is 0 Å². The molecule has 1 rings (SSSR count). The Balaban J connectivity index is 3.02. The molecule has 0 heterocycles. The lowest BCUT2D eigenvalue weighted by atomic mass is 10.1. The van der Waals surface area contributed by atoms with Crippen molar-refractivity contribution in [3.8, 4) is 11.8 Å². The summed E-state index contributed by atoms with van der Waals surface area (Å²) in [7, 11) is 0. The molecule has 20 heavy (non-hydrogen) atoms. The molecule has 0 saturated carbocycles. The maximum atomic E-state index is 12.5. The van der Waals surface area contributed by atoms with Crippen LogP contribution in [0.25, 0.3) is 0 Å². The average molecular weight is 293 g/mol. The highest BCUT2D eigenvalue weighted by Crippen LogP contribution is 2.19. The van der Waals surface area contributed by atoms with Gasteiger partial charge in [-0.05, 0) is 38.5 Å². The molecule has 0 bridgehead atoms. The van der Waals surface area contributed by atoms with Gasteiger partial charge in [-0.15, -0.1) is 0 Å². The molecule has 108 valence electrons. The zero-order chi connectivity index (χ0) is 15.1. The molecule has 3 nitrogen and oxygen atoms in total. The third-order valence-electron chi connectivity index (χ3n) is 3.27. The monoisotopic (exact) mass is 292 g/mol. The molecular formula is C16H21ClN2O. The number of nitrogens with two attached hydrogens (primary N) is 1. The van der Waals surface area contributed by atoms with Gasteiger partial charge in [-0.25, -0.2) is 0 Å². The van der Waals surface area contributed by atoms with Gasteiger partial charge in [0, 0.05) is 23.7 Å². The van der Waals surface area contributed by atoms with Crippen molar-refractivity contribution >= 4 is 17.5 Å². The fourth-order valence-corrected chi connectivity index (χ4v) is 2.17. The quantitative estimate of drug-likeness (QED) is 0.867. The molecule has 0 aliphatic heterocycles. The van der Waals surface area contributed by atoms with E-state index in [2.05, 4.69) is 18.8 Å². The van der Waals surface area contributed by atoms with Crippen molar-refractivity contribution in [3.63, 3.8) is 0 Å². The summed E-state index contributed by atoms with van der Waals surface area (Å²) in [5, 5.41) is 0.483. The second kappa shape index (κ2) is 7.94. The number of carbonyl (C=O) groups excluding carboxylic acids is 1. The van der Waals surface area contributed by atoms with Gasteiger partial charge in [0.25, 0.3) is 5.91 Å². The summed E-state index contributed by atoms with van der Waals surface area (Å²) in [6.45, 7) is 7.06. The first kappa shape index (κ1) is 16.6. The lowest BCUT2D eigenvalue weighted by molar-refractivity contribution is 0.0700. The predicted molar refractivity (Wildman–Crippen MR) is 83.8 cm³/mol. The molecular weight excluding hydrogens is 272 g/mol. The summed E-state index contributed by atoms with van der Waals surface area (Å²) < 4.78 is 0. The number of hydrogen-bond donors (Lipinski definition) is 1. The Bertz CT molecular complexity index is 531. The van der Waals surface area contributed by atoms with E-state index in [-0.39, 0.29) is 18.5 Å². The van der Waals surface area contributed by atoms with Gasteiger partial charge in [0.2, 0.25) is 0 Å². The van der Waals surface area contributed by atoms with Crippen LogP contribution in [-0.4, -0.2) is 29.9 Å². The Kier molecular flexibility index (Phi) is 6.57. The fourth-order valence-electron chi connectivity index (χ4n) is 1.94. The molecule has 0 aliphatic carbocycles. The summed E-state index contributed by atoms with van der Waals surface area (Å²) in [5.41, 5.74) is 6.62. The zero-order valence-corrected chi connectivity index (χ0v) is 13.0. The molecule has 1 aromatic rings. The summed E-state index contributed by atoms with van der Waals surface area (Å²) in [4.78, 5) is 14.3. The maximum absolute atomic E-state index is 12.5. The van der Waals surface area contributed by atoms with Crippen molar-refractivity contribution in [1.82, 2.24) is 4.90 Å². The molecule has 0 aliphatic rings. The van der Waals surface area contributed by atoms with E-state index in [0.717, 1.165) is 6.42 Å². The number of benzene rings is 1. The summed E-state index contributed by atoms with van der Waals surface area (Å²) in [6.07, 6.45) is 0.924. The second-order valence-corrected chi connectivity index (χ2v) is 4.96. The van der Waals surface area contributed by atoms with Crippen molar-refractivity contribution in [1.29, 1.82) is 0 Å². The van der Waals surface area contributed by atoms with Crippen molar-refractivity contribution in [2.45, 2.75) is 33.2 Å². The third-order valence-corrected chi connectivity index (χ3v) is 3.58. The average Bonchev–Trinajstić information content (AvgIpc) is 2.46. The SMILES string of the molecule is CCC(C)N(CC)C(=O)c1ccc(C#CCN)c(Cl)c1. The number of nitrogens with zero attached hydrogens (tertiary/aromatic N) is 1. The molecule has 2 N–H and O–H groups in total. The van der Waals surface area contributed by atoms with Crippen LogP contribution in [0, 0.1) is 11.8 Å². The summed E-state index contributed by atoms with van der Waals surface area (Å²) in [5.74, 6) is 5.64. The maximum Gasteiger partial charge on any atom is 0.254 e. The van der Waals surface area contributed by atoms with Crippen LogP contribution in [-0.2, 0) is 0 Å². The standard InChI is InChI=1S/C16H21ClN2O/c1-4-12(3)19(5-2)16(20)14-9-8-13(7-6-10-18)15(17)11-14/h8-9,11-12H,4-5,10,18H2,1-3H3. The Hall–Kier alpha value is -1.50. The second-order valence-electron chi connectivity index (χ2n) is 4.55. The Morgan fingerprint density at radius 3 is 2.65 bits per heavy atom. The number of carbonyl (C=O) groups is 1. The van der Waals surface area contributed by atoms with Gasteiger partial charge in [-0.1, -0.05) is 30.4 Å². The number of rotatable bonds is 4. The molecule has 0 fully saturated rings. The Morgan fingerprint density at radius 1 is 1.45 bits per heavy atom. The van der Waals surface area contributed by atoms with Crippen LogP contribution in [0.4, 0.5) is 0 Å². The van der Waals surface area contributed by atoms with E-state index in [4.69, 9.17) is 17.3 Å². The smallest absolute Gasteiger partial charge is 0.254 e. The Morgan fingerprint density at radius 2 is 2.15 bits per heavy atom. The largest absolute Gasteiger partial charge is 0.336 e. The first-order chi connectivity index (χ1) is 9.54. The number of halogens is 1. The van der Waals surface area contributed by atoms with Gasteiger partial charge in [-0.2, -0.15) is 0 Å². The van der Waals surface area contributed by atoms with E-state index in [1.54, 1.807) is 18.2 Å². The molecule has 0 saturated heterocycles. The van der Waals surface area contributed by atoms with E-state index < -0.39 is 0 Å². The number of hydrogen-bond acceptors (Lipinski definition) is 2. The molecule has 1 atom stereocenters. The minimum absolute atomic E-state index is 0.00193. The van der Waals surface area contributed by atoms with Gasteiger partial charge < -0.3 is 10.6 Å². The lowest BCUT2D eigenvalue weighted by Crippen LogP contribution is -2.38. The van der Waals surface area contributed by atoms with Crippen LogP contribution in [0.15, 0.2) is 18.2 Å². The number of amides is 1. The van der Waals surface area contributed by atoms with Crippen molar-refractivity contribution in [2.24, 2.45) is 5.73 Å². The lowest BCUT2D eigenvalue weighted by Gasteiger charge is -2.27. The normalized spacial score (nSPS) is 11.4. The fraction of sp³-hybridized carbons (Fsp3) is 0.438. The van der Waals surface area contributed by atoms with Gasteiger partial charge in [0.05, 0.1) is 11.6 Å². The molecule has 1 amide bonds. The van der Waals surface area contributed by atoms with E-state index in [9.17, 15) is 4.79 Å². The van der Waals surface area contributed by atoms with E-state index in [1.807, 2.05) is 18.7 Å². The molecule has 0 radical (unpaired) electrons. The van der Waals surface area contributed by atoms with Crippen molar-refractivity contribution in [2.75, 3.05) is 13.1 Å². The van der Waals surface area contributed by atoms with Crippen LogP contribution < -0.4 is 5.73 Å². The highest BCUT2D eigenvalue weighted by Gasteiger charge is 2.19. The topological polar surface area (TPSA) is 46.3 Å². The highest BCUT2D eigenvalue weighted by atomic mass is 35.5. The summed E-state index contributed by atoms with van der Waals surface area (Å²) in [6, 6.07) is 5.42. The van der Waals surface area contributed by atoms with E-state index in [1.165, 1.54) is 0 Å². The highest BCUT2D eigenvalue weighted by molar-refractivity contribution is 6.32. The van der Waals surface area contributed by atoms with Crippen LogP contribution >= 0.6 is 11.6 Å². The molecule has 1 unspecified atom stereocenters. The Labute approximate surface area is 126 Å². The third kappa shape index (κ3) is 4.00. The minimum Gasteiger partial charge on any atom is -0.336 e. The minimum atomic E-state index is 0.00193. The van der Waals surface area contributed by atoms with Crippen molar-refractivity contribution < 1.29 is 4.79 Å². The molecule has 0 aromatic heterocycles. The molecule has 4 heteroatoms. The first-order valence-electron chi connectivity index (χ1n) is 6.84. The van der Waals surface area contributed by atoms with Gasteiger partial charge in [-0.3, -0.25) is 4.79 Å². The van der Waals surface area contributed by atoms with E-state index in [0.29, 0.717) is 22.7 Å². The van der Waals surface area contributed by atoms with Crippen LogP contribution in [0.1, 0.15) is 43.1 Å². The van der Waals surface area contributed by atoms with Crippen LogP contribution in [0.2, 0.25) is 5.02 Å². The van der Waals surface area contributed by atoms with Crippen molar-refractivity contribution in [3.05, 3.63) is 34.3 Å². The molecule has 1 aromatic carbocycles. The predicted octanol–water partition coefficient (Wildman–Crippen LogP) is 2.91. The van der Waals surface area contributed by atoms with E-state index >= 15 is 0 Å². The van der Waals surface area contributed by atoms with Gasteiger partial charge >= 0.3 is 0 Å². The zero-order valence-electron chi connectivity index (χ0n) is 12.2.